The third-order valence-electron chi connectivity index (χ3n) is 2.66. The summed E-state index contributed by atoms with van der Waals surface area (Å²) in [5, 5.41) is 4.54. The van der Waals surface area contributed by atoms with E-state index in [1.165, 1.54) is 6.07 Å². The Morgan fingerprint density at radius 2 is 2.33 bits per heavy atom. The lowest BCUT2D eigenvalue weighted by molar-refractivity contribution is 0.321. The van der Waals surface area contributed by atoms with Crippen LogP contribution in [0.1, 0.15) is 20.3 Å². The molecule has 1 heterocycles. The molecule has 98 valence electrons. The number of rotatable bonds is 4. The van der Waals surface area contributed by atoms with Gasteiger partial charge in [-0.15, -0.1) is 0 Å². The molecule has 0 amide bonds. The minimum Gasteiger partial charge on any atom is -0.491 e. The zero-order valence-electron chi connectivity index (χ0n) is 10.6. The third-order valence-corrected chi connectivity index (χ3v) is 3.93. The van der Waals surface area contributed by atoms with Gasteiger partial charge >= 0.3 is 0 Å². The van der Waals surface area contributed by atoms with Crippen molar-refractivity contribution >= 4 is 22.6 Å². The van der Waals surface area contributed by atoms with Gasteiger partial charge in [0.2, 0.25) is 0 Å². The highest BCUT2D eigenvalue weighted by atomic mass is 32.2. The molecular weight excluding hydrogens is 251 g/mol. The maximum absolute atomic E-state index is 13.6. The minimum absolute atomic E-state index is 0.287. The SMILES string of the molecule is CCOc1ccc(NC2=NCC(CC)S2)cc1F. The van der Waals surface area contributed by atoms with E-state index in [2.05, 4.69) is 17.2 Å². The minimum atomic E-state index is -0.350. The molecule has 0 fully saturated rings. The van der Waals surface area contributed by atoms with Crippen molar-refractivity contribution in [1.29, 1.82) is 0 Å². The largest absolute Gasteiger partial charge is 0.491 e. The average molecular weight is 268 g/mol. The first kappa shape index (κ1) is 13.2. The molecule has 3 nitrogen and oxygen atoms in total. The van der Waals surface area contributed by atoms with Gasteiger partial charge in [0.15, 0.2) is 16.7 Å². The van der Waals surface area contributed by atoms with Gasteiger partial charge in [0.1, 0.15) is 0 Å². The summed E-state index contributed by atoms with van der Waals surface area (Å²) in [6.07, 6.45) is 1.09. The predicted octanol–water partition coefficient (Wildman–Crippen LogP) is 3.52. The Labute approximate surface area is 111 Å². The Kier molecular flexibility index (Phi) is 4.47. The lowest BCUT2D eigenvalue weighted by atomic mass is 10.3. The summed E-state index contributed by atoms with van der Waals surface area (Å²) in [5.74, 6) is -0.0620. The van der Waals surface area contributed by atoms with Gasteiger partial charge in [0.25, 0.3) is 0 Å². The monoisotopic (exact) mass is 268 g/mol. The molecule has 1 atom stereocenters. The zero-order valence-corrected chi connectivity index (χ0v) is 11.4. The van der Waals surface area contributed by atoms with E-state index in [-0.39, 0.29) is 11.6 Å². The molecule has 0 saturated carbocycles. The van der Waals surface area contributed by atoms with Crippen LogP contribution in [0.25, 0.3) is 0 Å². The number of hydrogen-bond acceptors (Lipinski definition) is 4. The number of halogens is 1. The average Bonchev–Trinajstić information content (AvgIpc) is 2.80. The number of thioether (sulfide) groups is 1. The van der Waals surface area contributed by atoms with Crippen molar-refractivity contribution in [2.75, 3.05) is 18.5 Å². The summed E-state index contributed by atoms with van der Waals surface area (Å²) >= 11 is 1.71. The van der Waals surface area contributed by atoms with E-state index in [0.29, 0.717) is 17.5 Å². The molecule has 1 N–H and O–H groups in total. The van der Waals surface area contributed by atoms with Crippen molar-refractivity contribution in [1.82, 2.24) is 0 Å². The Balaban J connectivity index is 2.00. The summed E-state index contributed by atoms with van der Waals surface area (Å²) < 4.78 is 18.8. The Hall–Kier alpha value is -1.23. The van der Waals surface area contributed by atoms with Crippen LogP contribution in [0.4, 0.5) is 10.1 Å². The van der Waals surface area contributed by atoms with Crippen LogP contribution in [0.15, 0.2) is 23.2 Å². The number of amidine groups is 1. The van der Waals surface area contributed by atoms with Crippen molar-refractivity contribution in [3.63, 3.8) is 0 Å². The first-order chi connectivity index (χ1) is 8.72. The van der Waals surface area contributed by atoms with Gasteiger partial charge in [-0.25, -0.2) is 4.39 Å². The molecule has 0 bridgehead atoms. The van der Waals surface area contributed by atoms with Crippen molar-refractivity contribution in [3.05, 3.63) is 24.0 Å². The summed E-state index contributed by atoms with van der Waals surface area (Å²) in [4.78, 5) is 4.39. The molecule has 18 heavy (non-hydrogen) atoms. The van der Waals surface area contributed by atoms with E-state index < -0.39 is 0 Å². The Morgan fingerprint density at radius 3 is 2.94 bits per heavy atom. The van der Waals surface area contributed by atoms with E-state index in [1.54, 1.807) is 23.9 Å². The molecule has 0 saturated heterocycles. The second-order valence-electron chi connectivity index (χ2n) is 4.00. The normalized spacial score (nSPS) is 18.6. The van der Waals surface area contributed by atoms with Crippen LogP contribution in [-0.2, 0) is 0 Å². The van der Waals surface area contributed by atoms with Crippen molar-refractivity contribution in [2.45, 2.75) is 25.5 Å². The lowest BCUT2D eigenvalue weighted by Gasteiger charge is -2.09. The Morgan fingerprint density at radius 1 is 1.50 bits per heavy atom. The van der Waals surface area contributed by atoms with Gasteiger partial charge in [-0.2, -0.15) is 0 Å². The molecule has 1 aromatic carbocycles. The van der Waals surface area contributed by atoms with E-state index in [4.69, 9.17) is 4.74 Å². The number of benzene rings is 1. The number of anilines is 1. The van der Waals surface area contributed by atoms with E-state index in [1.807, 2.05) is 6.92 Å². The summed E-state index contributed by atoms with van der Waals surface area (Å²) in [7, 11) is 0. The standard InChI is InChI=1S/C13H17FN2OS/c1-3-10-8-15-13(18-10)16-9-5-6-12(17-4-2)11(14)7-9/h5-7,10H,3-4,8H2,1-2H3,(H,15,16). The van der Waals surface area contributed by atoms with Gasteiger partial charge in [-0.05, 0) is 25.5 Å². The Bertz CT molecular complexity index is 451. The molecule has 5 heteroatoms. The number of aliphatic imine (C=N–C) groups is 1. The van der Waals surface area contributed by atoms with Crippen LogP contribution in [0, 0.1) is 5.82 Å². The van der Waals surface area contributed by atoms with Crippen LogP contribution >= 0.6 is 11.8 Å². The molecule has 0 spiro atoms. The van der Waals surface area contributed by atoms with Crippen molar-refractivity contribution in [2.24, 2.45) is 4.99 Å². The highest BCUT2D eigenvalue weighted by Crippen LogP contribution is 2.26. The van der Waals surface area contributed by atoms with Crippen LogP contribution in [0.2, 0.25) is 0 Å². The van der Waals surface area contributed by atoms with Crippen molar-refractivity contribution in [3.8, 4) is 5.75 Å². The molecule has 0 radical (unpaired) electrons. The molecule has 1 unspecified atom stereocenters. The summed E-state index contributed by atoms with van der Waals surface area (Å²) in [6.45, 7) is 5.28. The first-order valence-electron chi connectivity index (χ1n) is 6.13. The van der Waals surface area contributed by atoms with Gasteiger partial charge in [0, 0.05) is 17.0 Å². The molecule has 1 aliphatic rings. The van der Waals surface area contributed by atoms with Crippen LogP contribution in [0.3, 0.4) is 0 Å². The second-order valence-corrected chi connectivity index (χ2v) is 5.29. The zero-order chi connectivity index (χ0) is 13.0. The highest BCUT2D eigenvalue weighted by molar-refractivity contribution is 8.15. The van der Waals surface area contributed by atoms with Crippen LogP contribution < -0.4 is 10.1 Å². The van der Waals surface area contributed by atoms with Gasteiger partial charge in [0.05, 0.1) is 13.2 Å². The molecule has 1 aliphatic heterocycles. The molecule has 1 aromatic rings. The van der Waals surface area contributed by atoms with Crippen LogP contribution in [-0.4, -0.2) is 23.6 Å². The van der Waals surface area contributed by atoms with Gasteiger partial charge in [-0.3, -0.25) is 4.99 Å². The second kappa shape index (κ2) is 6.09. The highest BCUT2D eigenvalue weighted by Gasteiger charge is 2.18. The van der Waals surface area contributed by atoms with Gasteiger partial charge in [-0.1, -0.05) is 18.7 Å². The van der Waals surface area contributed by atoms with Crippen LogP contribution in [0.5, 0.6) is 5.75 Å². The topological polar surface area (TPSA) is 33.6 Å². The maximum Gasteiger partial charge on any atom is 0.167 e. The molecule has 0 aromatic heterocycles. The summed E-state index contributed by atoms with van der Waals surface area (Å²) in [6, 6.07) is 4.88. The van der Waals surface area contributed by atoms with E-state index in [0.717, 1.165) is 18.1 Å². The number of hydrogen-bond donors (Lipinski definition) is 1. The fraction of sp³-hybridized carbons (Fsp3) is 0.462. The quantitative estimate of drug-likeness (QED) is 0.907. The number of ether oxygens (including phenoxy) is 1. The number of nitrogens with zero attached hydrogens (tertiary/aromatic N) is 1. The summed E-state index contributed by atoms with van der Waals surface area (Å²) in [5.41, 5.74) is 0.707. The van der Waals surface area contributed by atoms with E-state index in [9.17, 15) is 4.39 Å². The first-order valence-corrected chi connectivity index (χ1v) is 7.01. The van der Waals surface area contributed by atoms with Gasteiger partial charge < -0.3 is 10.1 Å². The fourth-order valence-electron chi connectivity index (χ4n) is 1.67. The third kappa shape index (κ3) is 3.16. The smallest absolute Gasteiger partial charge is 0.167 e. The van der Waals surface area contributed by atoms with Crippen molar-refractivity contribution < 1.29 is 9.13 Å². The van der Waals surface area contributed by atoms with E-state index >= 15 is 0 Å². The molecule has 2 rings (SSSR count). The maximum atomic E-state index is 13.6. The molecule has 0 aliphatic carbocycles. The predicted molar refractivity (Wildman–Crippen MR) is 75.2 cm³/mol. The fourth-order valence-corrected chi connectivity index (χ4v) is 2.63. The lowest BCUT2D eigenvalue weighted by Crippen LogP contribution is -2.07. The number of nitrogens with one attached hydrogen (secondary N) is 1. The molecular formula is C13H17FN2OS.